The van der Waals surface area contributed by atoms with Crippen LogP contribution < -0.4 is 5.14 Å². The summed E-state index contributed by atoms with van der Waals surface area (Å²) >= 11 is 5.86. The van der Waals surface area contributed by atoms with Gasteiger partial charge < -0.3 is 0 Å². The molecule has 0 aliphatic carbocycles. The first-order chi connectivity index (χ1) is 7.38. The van der Waals surface area contributed by atoms with Crippen LogP contribution in [0.3, 0.4) is 0 Å². The summed E-state index contributed by atoms with van der Waals surface area (Å²) in [6, 6.07) is 8.60. The maximum atomic E-state index is 11.3. The van der Waals surface area contributed by atoms with E-state index in [4.69, 9.17) is 16.7 Å². The minimum atomic E-state index is -3.67. The number of benzene rings is 2. The van der Waals surface area contributed by atoms with Crippen molar-refractivity contribution < 1.29 is 8.42 Å². The van der Waals surface area contributed by atoms with Gasteiger partial charge >= 0.3 is 0 Å². The average Bonchev–Trinajstić information content (AvgIpc) is 2.14. The van der Waals surface area contributed by atoms with Gasteiger partial charge in [-0.05, 0) is 41.5 Å². The molecule has 5 heteroatoms. The van der Waals surface area contributed by atoms with Crippen LogP contribution in [0.4, 0.5) is 0 Å². The van der Waals surface area contributed by atoms with Gasteiger partial charge in [0.1, 0.15) is 0 Å². The Hall–Kier alpha value is -1.10. The van der Waals surface area contributed by atoms with E-state index in [2.05, 4.69) is 0 Å². The van der Waals surface area contributed by atoms with E-state index >= 15 is 0 Å². The Bertz CT molecular complexity index is 665. The molecule has 84 valence electrons. The van der Waals surface area contributed by atoms with Crippen molar-refractivity contribution in [3.05, 3.63) is 40.9 Å². The van der Waals surface area contributed by atoms with Crippen molar-refractivity contribution in [2.24, 2.45) is 5.14 Å². The van der Waals surface area contributed by atoms with Crippen molar-refractivity contribution in [2.75, 3.05) is 0 Å². The maximum absolute atomic E-state index is 11.3. The summed E-state index contributed by atoms with van der Waals surface area (Å²) in [6.45, 7) is 1.71. The topological polar surface area (TPSA) is 60.2 Å². The molecule has 2 rings (SSSR count). The van der Waals surface area contributed by atoms with E-state index in [-0.39, 0.29) is 4.90 Å². The van der Waals surface area contributed by atoms with E-state index in [1.807, 2.05) is 0 Å². The lowest BCUT2D eigenvalue weighted by molar-refractivity contribution is 0.597. The molecule has 0 aromatic heterocycles. The van der Waals surface area contributed by atoms with E-state index in [1.54, 1.807) is 37.3 Å². The zero-order valence-corrected chi connectivity index (χ0v) is 10.1. The molecule has 0 spiro atoms. The van der Waals surface area contributed by atoms with Crippen LogP contribution in [0.15, 0.2) is 35.2 Å². The third-order valence-corrected chi connectivity index (χ3v) is 3.69. The van der Waals surface area contributed by atoms with Crippen molar-refractivity contribution in [1.82, 2.24) is 0 Å². The number of hydrogen-bond donors (Lipinski definition) is 1. The van der Waals surface area contributed by atoms with Gasteiger partial charge in [0, 0.05) is 5.02 Å². The molecule has 0 fully saturated rings. The van der Waals surface area contributed by atoms with Crippen LogP contribution in [0.1, 0.15) is 5.56 Å². The first-order valence-corrected chi connectivity index (χ1v) is 6.53. The number of halogens is 1. The highest BCUT2D eigenvalue weighted by atomic mass is 35.5. The van der Waals surface area contributed by atoms with Gasteiger partial charge in [0.05, 0.1) is 4.90 Å². The summed E-state index contributed by atoms with van der Waals surface area (Å²) in [5, 5.41) is 7.45. The lowest BCUT2D eigenvalue weighted by Crippen LogP contribution is -2.13. The third-order valence-electron chi connectivity index (χ3n) is 2.40. The summed E-state index contributed by atoms with van der Waals surface area (Å²) in [5.74, 6) is 0. The van der Waals surface area contributed by atoms with Gasteiger partial charge in [0.15, 0.2) is 0 Å². The standard InChI is InChI=1S/C11H10ClNO2S/c1-7-4-9-5-10(12)3-2-8(9)6-11(7)16(13,14)15/h2-6H,1H3,(H2,13,14,15). The zero-order chi connectivity index (χ0) is 11.9. The number of nitrogens with two attached hydrogens (primary N) is 1. The number of fused-ring (bicyclic) bond motifs is 1. The first-order valence-electron chi connectivity index (χ1n) is 4.60. The molecule has 0 unspecified atom stereocenters. The largest absolute Gasteiger partial charge is 0.238 e. The van der Waals surface area contributed by atoms with Gasteiger partial charge in [-0.15, -0.1) is 0 Å². The van der Waals surface area contributed by atoms with Crippen LogP contribution in [0, 0.1) is 6.92 Å². The van der Waals surface area contributed by atoms with E-state index in [0.717, 1.165) is 10.8 Å². The van der Waals surface area contributed by atoms with Crippen molar-refractivity contribution >= 4 is 32.4 Å². The second-order valence-electron chi connectivity index (χ2n) is 3.65. The van der Waals surface area contributed by atoms with Crippen molar-refractivity contribution in [3.63, 3.8) is 0 Å². The quantitative estimate of drug-likeness (QED) is 0.851. The second kappa shape index (κ2) is 3.73. The molecule has 16 heavy (non-hydrogen) atoms. The van der Waals surface area contributed by atoms with Gasteiger partial charge in [0.2, 0.25) is 10.0 Å². The second-order valence-corrected chi connectivity index (χ2v) is 5.62. The van der Waals surface area contributed by atoms with Crippen molar-refractivity contribution in [3.8, 4) is 0 Å². The Morgan fingerprint density at radius 2 is 1.81 bits per heavy atom. The molecular formula is C11H10ClNO2S. The number of aryl methyl sites for hydroxylation is 1. The van der Waals surface area contributed by atoms with E-state index in [1.165, 1.54) is 0 Å². The molecule has 0 saturated heterocycles. The molecule has 0 aliphatic heterocycles. The summed E-state index contributed by atoms with van der Waals surface area (Å²) in [5.41, 5.74) is 0.622. The van der Waals surface area contributed by atoms with Crippen molar-refractivity contribution in [2.45, 2.75) is 11.8 Å². The lowest BCUT2D eigenvalue weighted by Gasteiger charge is -2.06. The van der Waals surface area contributed by atoms with Crippen LogP contribution in [-0.4, -0.2) is 8.42 Å². The van der Waals surface area contributed by atoms with Crippen LogP contribution in [0.25, 0.3) is 10.8 Å². The highest BCUT2D eigenvalue weighted by Crippen LogP contribution is 2.24. The molecule has 0 amide bonds. The van der Waals surface area contributed by atoms with E-state index in [0.29, 0.717) is 10.6 Å². The molecule has 0 aliphatic rings. The third kappa shape index (κ3) is 2.04. The zero-order valence-electron chi connectivity index (χ0n) is 8.57. The molecular weight excluding hydrogens is 246 g/mol. The maximum Gasteiger partial charge on any atom is 0.238 e. The van der Waals surface area contributed by atoms with E-state index < -0.39 is 10.0 Å². The van der Waals surface area contributed by atoms with Gasteiger partial charge in [0.25, 0.3) is 0 Å². The minimum absolute atomic E-state index is 0.155. The molecule has 2 aromatic rings. The fourth-order valence-electron chi connectivity index (χ4n) is 1.67. The monoisotopic (exact) mass is 255 g/mol. The lowest BCUT2D eigenvalue weighted by atomic mass is 10.1. The van der Waals surface area contributed by atoms with Gasteiger partial charge in [-0.1, -0.05) is 23.7 Å². The summed E-state index contributed by atoms with van der Waals surface area (Å²) in [7, 11) is -3.67. The summed E-state index contributed by atoms with van der Waals surface area (Å²) in [6.07, 6.45) is 0. The molecule has 0 bridgehead atoms. The smallest absolute Gasteiger partial charge is 0.225 e. The molecule has 2 aromatic carbocycles. The normalized spacial score (nSPS) is 11.9. The van der Waals surface area contributed by atoms with Crippen LogP contribution in [-0.2, 0) is 10.0 Å². The van der Waals surface area contributed by atoms with Gasteiger partial charge in [-0.3, -0.25) is 0 Å². The molecule has 0 heterocycles. The summed E-state index contributed by atoms with van der Waals surface area (Å²) in [4.78, 5) is 0.155. The molecule has 0 atom stereocenters. The van der Waals surface area contributed by atoms with Crippen LogP contribution in [0.2, 0.25) is 5.02 Å². The Kier molecular flexibility index (Phi) is 2.66. The SMILES string of the molecule is Cc1cc2cc(Cl)ccc2cc1S(N)(=O)=O. The molecule has 0 radical (unpaired) electrons. The van der Waals surface area contributed by atoms with Gasteiger partial charge in [-0.25, -0.2) is 13.6 Å². The highest BCUT2D eigenvalue weighted by Gasteiger charge is 2.12. The predicted octanol–water partition coefficient (Wildman–Crippen LogP) is 2.45. The van der Waals surface area contributed by atoms with Crippen molar-refractivity contribution in [1.29, 1.82) is 0 Å². The minimum Gasteiger partial charge on any atom is -0.225 e. The Morgan fingerprint density at radius 3 is 2.44 bits per heavy atom. The Morgan fingerprint density at radius 1 is 1.12 bits per heavy atom. The van der Waals surface area contributed by atoms with Crippen LogP contribution >= 0.6 is 11.6 Å². The number of sulfonamides is 1. The van der Waals surface area contributed by atoms with Crippen LogP contribution in [0.5, 0.6) is 0 Å². The number of rotatable bonds is 1. The summed E-state index contributed by atoms with van der Waals surface area (Å²) < 4.78 is 22.6. The fourth-order valence-corrected chi connectivity index (χ4v) is 2.65. The molecule has 2 N–H and O–H groups in total. The number of hydrogen-bond acceptors (Lipinski definition) is 2. The fraction of sp³-hybridized carbons (Fsp3) is 0.0909. The van der Waals surface area contributed by atoms with E-state index in [9.17, 15) is 8.42 Å². The number of primary sulfonamides is 1. The predicted molar refractivity (Wildman–Crippen MR) is 65.1 cm³/mol. The highest BCUT2D eigenvalue weighted by molar-refractivity contribution is 7.89. The Balaban J connectivity index is 2.83. The molecule has 3 nitrogen and oxygen atoms in total. The average molecular weight is 256 g/mol. The molecule has 0 saturated carbocycles. The first kappa shape index (κ1) is 11.4. The Labute approximate surface area is 98.9 Å². The van der Waals surface area contributed by atoms with Gasteiger partial charge in [-0.2, -0.15) is 0 Å².